The summed E-state index contributed by atoms with van der Waals surface area (Å²) in [5.41, 5.74) is 10.3. The van der Waals surface area contributed by atoms with Gasteiger partial charge in [0.25, 0.3) is 0 Å². The molecule has 0 amide bonds. The van der Waals surface area contributed by atoms with Gasteiger partial charge >= 0.3 is 0 Å². The fourth-order valence-corrected chi connectivity index (χ4v) is 3.26. The van der Waals surface area contributed by atoms with Gasteiger partial charge in [0.05, 0.1) is 6.04 Å². The average Bonchev–Trinajstić information content (AvgIpc) is 2.77. The minimum Gasteiger partial charge on any atom is -0.320 e. The minimum absolute atomic E-state index is 0.00313. The van der Waals surface area contributed by atoms with E-state index < -0.39 is 0 Å². The first-order valence-corrected chi connectivity index (χ1v) is 7.77. The standard InChI is InChI=1S/C17H23NS/c1-5-11(2)14-6-8-15(9-7-14)17(18)16-10-12(3)13(4)19-16/h6-11,17H,5,18H2,1-4H3. The van der Waals surface area contributed by atoms with E-state index in [0.717, 1.165) is 0 Å². The third-order valence-corrected chi connectivity index (χ3v) is 5.20. The quantitative estimate of drug-likeness (QED) is 0.840. The molecule has 102 valence electrons. The summed E-state index contributed by atoms with van der Waals surface area (Å²) in [5.74, 6) is 0.622. The van der Waals surface area contributed by atoms with E-state index in [9.17, 15) is 0 Å². The van der Waals surface area contributed by atoms with Crippen molar-refractivity contribution < 1.29 is 0 Å². The predicted molar refractivity (Wildman–Crippen MR) is 85.0 cm³/mol. The second-order valence-corrected chi connectivity index (χ2v) is 6.63. The summed E-state index contributed by atoms with van der Waals surface area (Å²) in [7, 11) is 0. The minimum atomic E-state index is 0.00313. The van der Waals surface area contributed by atoms with Gasteiger partial charge in [0.1, 0.15) is 0 Å². The molecule has 0 radical (unpaired) electrons. The van der Waals surface area contributed by atoms with Crippen LogP contribution in [-0.2, 0) is 0 Å². The third kappa shape index (κ3) is 3.07. The molecule has 0 aliphatic rings. The first-order valence-electron chi connectivity index (χ1n) is 6.95. The molecular formula is C17H23NS. The Kier molecular flexibility index (Phi) is 4.43. The zero-order valence-electron chi connectivity index (χ0n) is 12.2. The molecule has 0 spiro atoms. The van der Waals surface area contributed by atoms with Crippen molar-refractivity contribution in [2.75, 3.05) is 0 Å². The zero-order chi connectivity index (χ0) is 14.0. The monoisotopic (exact) mass is 273 g/mol. The summed E-state index contributed by atoms with van der Waals surface area (Å²) in [6.45, 7) is 8.79. The number of nitrogens with two attached hydrogens (primary N) is 1. The van der Waals surface area contributed by atoms with Gasteiger partial charge in [0.2, 0.25) is 0 Å². The molecule has 2 atom stereocenters. The maximum Gasteiger partial charge on any atom is 0.0646 e. The molecule has 0 aliphatic carbocycles. The molecule has 0 aliphatic heterocycles. The van der Waals surface area contributed by atoms with Crippen molar-refractivity contribution in [3.05, 3.63) is 56.8 Å². The highest BCUT2D eigenvalue weighted by molar-refractivity contribution is 7.12. The fraction of sp³-hybridized carbons (Fsp3) is 0.412. The number of thiophene rings is 1. The Morgan fingerprint density at radius 2 is 1.68 bits per heavy atom. The molecule has 2 rings (SSSR count). The Bertz CT molecular complexity index is 519. The highest BCUT2D eigenvalue weighted by Gasteiger charge is 2.13. The van der Waals surface area contributed by atoms with Crippen molar-refractivity contribution in [2.24, 2.45) is 5.73 Å². The van der Waals surface area contributed by atoms with Gasteiger partial charge in [0, 0.05) is 9.75 Å². The second kappa shape index (κ2) is 5.89. The summed E-state index contributed by atoms with van der Waals surface area (Å²) in [6, 6.07) is 11.0. The van der Waals surface area contributed by atoms with Crippen LogP contribution >= 0.6 is 11.3 Å². The van der Waals surface area contributed by atoms with Crippen LogP contribution in [0.25, 0.3) is 0 Å². The van der Waals surface area contributed by atoms with Gasteiger partial charge in [0.15, 0.2) is 0 Å². The largest absolute Gasteiger partial charge is 0.320 e. The van der Waals surface area contributed by atoms with Gasteiger partial charge in [-0.1, -0.05) is 38.1 Å². The van der Waals surface area contributed by atoms with Crippen molar-refractivity contribution in [2.45, 2.75) is 46.1 Å². The molecule has 2 unspecified atom stereocenters. The van der Waals surface area contributed by atoms with Gasteiger partial charge in [-0.3, -0.25) is 0 Å². The normalized spacial score (nSPS) is 14.4. The highest BCUT2D eigenvalue weighted by atomic mass is 32.1. The molecule has 0 fully saturated rings. The third-order valence-electron chi connectivity index (χ3n) is 3.97. The lowest BCUT2D eigenvalue weighted by Crippen LogP contribution is -2.10. The van der Waals surface area contributed by atoms with Crippen LogP contribution in [0.2, 0.25) is 0 Å². The Balaban J connectivity index is 2.22. The van der Waals surface area contributed by atoms with E-state index in [0.29, 0.717) is 5.92 Å². The van der Waals surface area contributed by atoms with Gasteiger partial charge < -0.3 is 5.73 Å². The van der Waals surface area contributed by atoms with Gasteiger partial charge in [-0.15, -0.1) is 11.3 Å². The van der Waals surface area contributed by atoms with Crippen molar-refractivity contribution in [3.63, 3.8) is 0 Å². The van der Waals surface area contributed by atoms with E-state index in [1.54, 1.807) is 0 Å². The van der Waals surface area contributed by atoms with E-state index in [-0.39, 0.29) is 6.04 Å². The molecule has 1 aromatic heterocycles. The fourth-order valence-electron chi connectivity index (χ4n) is 2.19. The molecule has 2 N–H and O–H groups in total. The van der Waals surface area contributed by atoms with Crippen LogP contribution in [0.5, 0.6) is 0 Å². The number of aryl methyl sites for hydroxylation is 2. The Morgan fingerprint density at radius 1 is 1.11 bits per heavy atom. The molecule has 1 aromatic carbocycles. The average molecular weight is 273 g/mol. The molecule has 0 saturated heterocycles. The number of hydrogen-bond acceptors (Lipinski definition) is 2. The highest BCUT2D eigenvalue weighted by Crippen LogP contribution is 2.30. The maximum absolute atomic E-state index is 6.37. The molecule has 19 heavy (non-hydrogen) atoms. The van der Waals surface area contributed by atoms with E-state index in [2.05, 4.69) is 58.0 Å². The van der Waals surface area contributed by atoms with Crippen LogP contribution < -0.4 is 5.73 Å². The Hall–Kier alpha value is -1.12. The number of benzene rings is 1. The van der Waals surface area contributed by atoms with Crippen LogP contribution in [-0.4, -0.2) is 0 Å². The van der Waals surface area contributed by atoms with E-state index in [1.165, 1.54) is 32.9 Å². The summed E-state index contributed by atoms with van der Waals surface area (Å²) in [5, 5.41) is 0. The molecular weight excluding hydrogens is 250 g/mol. The van der Waals surface area contributed by atoms with E-state index >= 15 is 0 Å². The molecule has 1 heterocycles. The first-order chi connectivity index (χ1) is 9.02. The number of hydrogen-bond donors (Lipinski definition) is 1. The SMILES string of the molecule is CCC(C)c1ccc(C(N)c2cc(C)c(C)s2)cc1. The van der Waals surface area contributed by atoms with Crippen molar-refractivity contribution in [1.29, 1.82) is 0 Å². The topological polar surface area (TPSA) is 26.0 Å². The lowest BCUT2D eigenvalue weighted by Gasteiger charge is -2.13. The maximum atomic E-state index is 6.37. The Morgan fingerprint density at radius 3 is 2.16 bits per heavy atom. The molecule has 0 bridgehead atoms. The molecule has 1 nitrogen and oxygen atoms in total. The molecule has 2 heteroatoms. The summed E-state index contributed by atoms with van der Waals surface area (Å²) >= 11 is 1.81. The first kappa shape index (κ1) is 14.3. The van der Waals surface area contributed by atoms with Gasteiger partial charge in [-0.25, -0.2) is 0 Å². The van der Waals surface area contributed by atoms with Gasteiger partial charge in [-0.2, -0.15) is 0 Å². The van der Waals surface area contributed by atoms with E-state index in [1.807, 2.05) is 11.3 Å². The summed E-state index contributed by atoms with van der Waals surface area (Å²) < 4.78 is 0. The van der Waals surface area contributed by atoms with Crippen LogP contribution in [0.15, 0.2) is 30.3 Å². The van der Waals surface area contributed by atoms with Gasteiger partial charge in [-0.05, 0) is 48.9 Å². The lowest BCUT2D eigenvalue weighted by atomic mass is 9.96. The van der Waals surface area contributed by atoms with Crippen LogP contribution in [0, 0.1) is 13.8 Å². The smallest absolute Gasteiger partial charge is 0.0646 e. The van der Waals surface area contributed by atoms with Crippen molar-refractivity contribution >= 4 is 11.3 Å². The number of rotatable bonds is 4. The Labute approximate surface area is 120 Å². The van der Waals surface area contributed by atoms with Crippen LogP contribution in [0.4, 0.5) is 0 Å². The predicted octanol–water partition coefficient (Wildman–Crippen LogP) is 4.93. The summed E-state index contributed by atoms with van der Waals surface area (Å²) in [4.78, 5) is 2.62. The summed E-state index contributed by atoms with van der Waals surface area (Å²) in [6.07, 6.45) is 1.18. The van der Waals surface area contributed by atoms with Crippen molar-refractivity contribution in [3.8, 4) is 0 Å². The second-order valence-electron chi connectivity index (χ2n) is 5.34. The lowest BCUT2D eigenvalue weighted by molar-refractivity contribution is 0.732. The van der Waals surface area contributed by atoms with E-state index in [4.69, 9.17) is 5.73 Å². The zero-order valence-corrected chi connectivity index (χ0v) is 13.1. The molecule has 2 aromatic rings. The van der Waals surface area contributed by atoms with Crippen LogP contribution in [0.3, 0.4) is 0 Å². The van der Waals surface area contributed by atoms with Crippen molar-refractivity contribution in [1.82, 2.24) is 0 Å². The van der Waals surface area contributed by atoms with Crippen LogP contribution in [0.1, 0.15) is 58.7 Å². The molecule has 0 saturated carbocycles.